The largest absolute Gasteiger partial charge is 0.464 e. The first-order valence-corrected chi connectivity index (χ1v) is 43.2. The van der Waals surface area contributed by atoms with Crippen LogP contribution in [0.3, 0.4) is 0 Å². The van der Waals surface area contributed by atoms with Gasteiger partial charge in [0.25, 0.3) is 0 Å². The molecule has 118 heavy (non-hydrogen) atoms. The number of benzene rings is 2. The fourth-order valence-corrected chi connectivity index (χ4v) is 10.9. The van der Waals surface area contributed by atoms with Crippen molar-refractivity contribution in [3.63, 3.8) is 0 Å². The number of carbonyl (C=O) groups excluding carboxylic acids is 14. The number of amides is 8. The first-order chi connectivity index (χ1) is 54.8. The van der Waals surface area contributed by atoms with Crippen molar-refractivity contribution >= 4 is 93.9 Å². The fourth-order valence-electron chi connectivity index (χ4n) is 10.9. The Kier molecular flexibility index (Phi) is 65.3. The highest BCUT2D eigenvalue weighted by atomic mass is 16.5. The lowest BCUT2D eigenvalue weighted by Gasteiger charge is -2.22. The molecule has 0 aliphatic heterocycles. The molecule has 0 bridgehead atoms. The average molecular weight is 1660 g/mol. The summed E-state index contributed by atoms with van der Waals surface area (Å²) in [7, 11) is 10.4. The molecule has 0 unspecified atom stereocenters. The Bertz CT molecular complexity index is 3050. The van der Waals surface area contributed by atoms with E-state index in [1.165, 1.54) is 4.90 Å². The SMILES string of the molecule is CC(C)C(=O)CCC(=O)NCCN(C)C(=O)C(C)C.CC(C)C(=O)CCC(=O)OCCN(C)C(=O)C(C)C.CC(C)CCCC(=O)Cc1ccccc1N(C)C(=O)C(C)C.CC(C)CCCC(=O)NCCN(C)C(=O)C(C)C.CC(C)CCCC(=O)OCCN(C)C(=O)C(C)C.CC(C)CCCC(=O)Oc1ccccc1N(C)C(=O)C(C)C. The number of carbonyl (C=O) groups is 14. The molecule has 25 heteroatoms. The van der Waals surface area contributed by atoms with E-state index in [2.05, 4.69) is 66.0 Å². The second-order valence-corrected chi connectivity index (χ2v) is 34.6. The van der Waals surface area contributed by atoms with Crippen LogP contribution in [0.1, 0.15) is 274 Å². The highest BCUT2D eigenvalue weighted by Crippen LogP contribution is 2.29. The van der Waals surface area contributed by atoms with E-state index in [1.807, 2.05) is 127 Å². The first-order valence-electron chi connectivity index (χ1n) is 43.2. The fraction of sp³-hybridized carbons (Fsp3) is 0.720. The van der Waals surface area contributed by atoms with Crippen LogP contribution in [-0.2, 0) is 83.0 Å². The minimum atomic E-state index is -0.389. The molecule has 0 aliphatic carbocycles. The number of ketones is 3. The predicted molar refractivity (Wildman–Crippen MR) is 474 cm³/mol. The van der Waals surface area contributed by atoms with Gasteiger partial charge in [-0.25, -0.2) is 0 Å². The van der Waals surface area contributed by atoms with Crippen LogP contribution >= 0.6 is 0 Å². The zero-order valence-corrected chi connectivity index (χ0v) is 78.8. The van der Waals surface area contributed by atoms with Gasteiger partial charge in [0, 0.05) is 173 Å². The molecule has 0 aromatic heterocycles. The zero-order valence-electron chi connectivity index (χ0n) is 78.8. The number of anilines is 2. The molecule has 0 radical (unpaired) electrons. The van der Waals surface area contributed by atoms with E-state index in [4.69, 9.17) is 14.2 Å². The molecule has 0 saturated heterocycles. The molecule has 8 amide bonds. The number of ether oxygens (including phenoxy) is 3. The molecule has 2 rings (SSSR count). The maximum atomic E-state index is 12.2. The number of likely N-dealkylation sites (N-methyl/N-ethyl adjacent to an activating group) is 4. The van der Waals surface area contributed by atoms with Crippen molar-refractivity contribution in [1.82, 2.24) is 30.2 Å². The van der Waals surface area contributed by atoms with Gasteiger partial charge in [-0.2, -0.15) is 0 Å². The molecule has 2 aromatic rings. The molecule has 2 N–H and O–H groups in total. The van der Waals surface area contributed by atoms with Gasteiger partial charge >= 0.3 is 17.9 Å². The average Bonchev–Trinajstić information content (AvgIpc) is 0.842. The summed E-state index contributed by atoms with van der Waals surface area (Å²) in [5, 5.41) is 5.56. The van der Waals surface area contributed by atoms with E-state index in [1.54, 1.807) is 98.8 Å². The van der Waals surface area contributed by atoms with Crippen molar-refractivity contribution in [2.75, 3.05) is 105 Å². The Morgan fingerprint density at radius 1 is 0.314 bits per heavy atom. The van der Waals surface area contributed by atoms with Gasteiger partial charge in [-0.05, 0) is 73.1 Å². The number of rotatable bonds is 47. The van der Waals surface area contributed by atoms with E-state index < -0.39 is 0 Å². The van der Waals surface area contributed by atoms with Crippen LogP contribution in [0.4, 0.5) is 11.4 Å². The summed E-state index contributed by atoms with van der Waals surface area (Å²) in [5.41, 5.74) is 2.41. The second-order valence-electron chi connectivity index (χ2n) is 34.6. The van der Waals surface area contributed by atoms with Crippen molar-refractivity contribution in [3.8, 4) is 5.75 Å². The van der Waals surface area contributed by atoms with Gasteiger partial charge < -0.3 is 54.2 Å². The Balaban J connectivity index is -0.000000662. The van der Waals surface area contributed by atoms with Crippen LogP contribution in [0.2, 0.25) is 0 Å². The van der Waals surface area contributed by atoms with E-state index >= 15 is 0 Å². The van der Waals surface area contributed by atoms with E-state index in [9.17, 15) is 67.1 Å². The number of Topliss-reactive ketones (excluding diaryl/α,β-unsaturated/α-hetero) is 3. The van der Waals surface area contributed by atoms with Crippen LogP contribution in [0.5, 0.6) is 5.75 Å². The van der Waals surface area contributed by atoms with Gasteiger partial charge in [0.1, 0.15) is 30.6 Å². The lowest BCUT2D eigenvalue weighted by atomic mass is 10.00. The Morgan fingerprint density at radius 2 is 0.619 bits per heavy atom. The van der Waals surface area contributed by atoms with Gasteiger partial charge in [-0.15, -0.1) is 0 Å². The second kappa shape index (κ2) is 66.4. The lowest BCUT2D eigenvalue weighted by molar-refractivity contribution is -0.147. The van der Waals surface area contributed by atoms with Crippen LogP contribution < -0.4 is 25.2 Å². The predicted octanol–water partition coefficient (Wildman–Crippen LogP) is 15.7. The normalized spacial score (nSPS) is 10.8. The topological polar surface area (TPSA) is 310 Å². The van der Waals surface area contributed by atoms with Crippen LogP contribution in [0.25, 0.3) is 0 Å². The van der Waals surface area contributed by atoms with Crippen LogP contribution in [0, 0.1) is 71.0 Å². The summed E-state index contributed by atoms with van der Waals surface area (Å²) in [6.07, 6.45) is 11.1. The summed E-state index contributed by atoms with van der Waals surface area (Å²) in [4.78, 5) is 173. The van der Waals surface area contributed by atoms with Gasteiger partial charge in [0.05, 0.1) is 25.2 Å². The molecule has 2 aromatic carbocycles. The Hall–Kier alpha value is -8.38. The number of para-hydroxylation sites is 3. The quantitative estimate of drug-likeness (QED) is 0.0459. The van der Waals surface area contributed by atoms with Gasteiger partial charge in [-0.3, -0.25) is 67.1 Å². The molecule has 0 spiro atoms. The van der Waals surface area contributed by atoms with Crippen LogP contribution in [-0.4, -0.2) is 197 Å². The van der Waals surface area contributed by atoms with Crippen molar-refractivity contribution in [2.24, 2.45) is 71.0 Å². The summed E-state index contributed by atoms with van der Waals surface area (Å²) in [6.45, 7) is 50.0. The highest BCUT2D eigenvalue weighted by molar-refractivity contribution is 5.97. The van der Waals surface area contributed by atoms with Crippen molar-refractivity contribution in [2.45, 2.75) is 275 Å². The van der Waals surface area contributed by atoms with Crippen molar-refractivity contribution < 1.29 is 81.3 Å². The molecule has 0 heterocycles. The molecule has 25 nitrogen and oxygen atoms in total. The van der Waals surface area contributed by atoms with Gasteiger partial charge in [0.15, 0.2) is 5.75 Å². The first kappa shape index (κ1) is 116. The van der Waals surface area contributed by atoms with E-state index in [0.717, 1.165) is 62.6 Å². The minimum Gasteiger partial charge on any atom is -0.464 e. The Labute approximate surface area is 712 Å². The summed E-state index contributed by atoms with van der Waals surface area (Å²) in [6, 6.07) is 14.8. The van der Waals surface area contributed by atoms with E-state index in [-0.39, 0.29) is 169 Å². The van der Waals surface area contributed by atoms with Gasteiger partial charge in [0.2, 0.25) is 47.3 Å². The zero-order chi connectivity index (χ0) is 91.7. The summed E-state index contributed by atoms with van der Waals surface area (Å²) in [5.74, 6) is 2.43. The molecular formula is C93H162N8O17. The minimum absolute atomic E-state index is 0.0108. The third kappa shape index (κ3) is 59.3. The number of nitrogens with zero attached hydrogens (tertiary/aromatic N) is 6. The lowest BCUT2D eigenvalue weighted by Crippen LogP contribution is -2.38. The number of hydrogen-bond donors (Lipinski definition) is 2. The summed E-state index contributed by atoms with van der Waals surface area (Å²) < 4.78 is 15.5. The maximum absolute atomic E-state index is 12.2. The Morgan fingerprint density at radius 3 is 0.992 bits per heavy atom. The smallest absolute Gasteiger partial charge is 0.311 e. The molecule has 676 valence electrons. The standard InChI is InChI=1S/C19H29NO2.C18H27NO3.C14H26N2O3.C14H28N2O2.C14H25NO4.C14H27NO3/c1-14(2)9-8-11-17(21)13-16-10-6-7-12-18(16)20(5)19(22)15(3)4;1-13(2)9-8-12-17(20)22-16-11-7-6-10-15(16)19(5)18(21)14(3)4;1-10(2)12(17)6-7-13(18)15-8-9-16(5)14(19)11(3)4;1-11(2)7-6-8-13(17)15-9-10-16(5)14(18)12(3)4;1-10(2)12(16)6-7-13(17)19-9-8-15(5)14(18)11(3)4;1-11(2)7-6-8-13(16)18-10-9-15(5)14(17)12(3)4/h6-7,10,12,14-15H,8-9,11,13H2,1-5H3;6-7,10-11,13-14H,8-9,12H2,1-5H3;10-11H,6-9H2,1-5H3,(H,15,18);11-12H,6-10H2,1-5H3,(H,15,17);10-11H,6-9H2,1-5H3;11-12H,6-10H2,1-5H3. The number of esters is 3. The van der Waals surface area contributed by atoms with Crippen LogP contribution in [0.15, 0.2) is 48.5 Å². The van der Waals surface area contributed by atoms with E-state index in [0.29, 0.717) is 106 Å². The molecule has 0 saturated carbocycles. The number of nitrogens with one attached hydrogen (secondary N) is 2. The van der Waals surface area contributed by atoms with Gasteiger partial charge in [-0.1, -0.05) is 222 Å². The summed E-state index contributed by atoms with van der Waals surface area (Å²) >= 11 is 0. The maximum Gasteiger partial charge on any atom is 0.311 e. The molecule has 0 fully saturated rings. The molecular weight excluding hydrogens is 1500 g/mol. The third-order valence-corrected chi connectivity index (χ3v) is 18.4. The highest BCUT2D eigenvalue weighted by Gasteiger charge is 2.23. The van der Waals surface area contributed by atoms with Crippen molar-refractivity contribution in [3.05, 3.63) is 54.1 Å². The molecule has 0 aliphatic rings. The molecule has 0 atom stereocenters. The monoisotopic (exact) mass is 1660 g/mol. The van der Waals surface area contributed by atoms with Crippen molar-refractivity contribution in [1.29, 1.82) is 0 Å². The third-order valence-electron chi connectivity index (χ3n) is 18.4. The number of hydrogen-bond acceptors (Lipinski definition) is 17.